The number of benzene rings is 1. The number of esters is 1. The number of carboxylic acid groups (broad SMARTS) is 1. The first-order valence-electron chi connectivity index (χ1n) is 7.17. The Hall–Kier alpha value is -2.45. The molecule has 0 atom stereocenters. The molecule has 1 fully saturated rings. The largest absolute Gasteiger partial charge is 0.489 e. The van der Waals surface area contributed by atoms with E-state index in [2.05, 4.69) is 4.74 Å². The van der Waals surface area contributed by atoms with Crippen LogP contribution in [0, 0.1) is 0 Å². The first kappa shape index (κ1) is 17.9. The fourth-order valence-corrected chi connectivity index (χ4v) is 2.52. The van der Waals surface area contributed by atoms with Crippen molar-refractivity contribution in [2.24, 2.45) is 0 Å². The number of piperidine rings is 1. The third-order valence-electron chi connectivity index (χ3n) is 3.73. The molecule has 0 bridgehead atoms. The molecular formula is C15H16F3NO5. The van der Waals surface area contributed by atoms with Crippen LogP contribution in [0.15, 0.2) is 18.2 Å². The van der Waals surface area contributed by atoms with Gasteiger partial charge in [0.2, 0.25) is 0 Å². The van der Waals surface area contributed by atoms with Gasteiger partial charge in [-0.1, -0.05) is 6.07 Å². The highest BCUT2D eigenvalue weighted by Crippen LogP contribution is 2.37. The second-order valence-electron chi connectivity index (χ2n) is 5.25. The summed E-state index contributed by atoms with van der Waals surface area (Å²) in [6, 6.07) is 3.20. The quantitative estimate of drug-likeness (QED) is 0.851. The van der Waals surface area contributed by atoms with Gasteiger partial charge in [0.25, 0.3) is 0 Å². The van der Waals surface area contributed by atoms with Crippen molar-refractivity contribution in [3.63, 3.8) is 0 Å². The SMILES string of the molecule is COC(=O)c1c(OC2CCN(C(=O)O)CC2)cccc1C(F)(F)F. The lowest BCUT2D eigenvalue weighted by Crippen LogP contribution is -2.41. The maximum Gasteiger partial charge on any atom is 0.417 e. The zero-order chi connectivity index (χ0) is 17.9. The lowest BCUT2D eigenvalue weighted by atomic mass is 10.0. The second kappa shape index (κ2) is 6.98. The molecule has 1 N–H and O–H groups in total. The molecule has 1 amide bonds. The maximum absolute atomic E-state index is 13.1. The number of hydrogen-bond donors (Lipinski definition) is 1. The van der Waals surface area contributed by atoms with Crippen molar-refractivity contribution in [1.29, 1.82) is 0 Å². The maximum atomic E-state index is 13.1. The van der Waals surface area contributed by atoms with Gasteiger partial charge in [-0.25, -0.2) is 9.59 Å². The molecule has 24 heavy (non-hydrogen) atoms. The molecule has 0 aromatic heterocycles. The Labute approximate surface area is 135 Å². The minimum atomic E-state index is -4.73. The molecule has 1 aromatic carbocycles. The summed E-state index contributed by atoms with van der Waals surface area (Å²) in [4.78, 5) is 23.9. The highest BCUT2D eigenvalue weighted by atomic mass is 19.4. The Morgan fingerprint density at radius 2 is 1.88 bits per heavy atom. The van der Waals surface area contributed by atoms with Gasteiger partial charge in [0.1, 0.15) is 17.4 Å². The van der Waals surface area contributed by atoms with Gasteiger partial charge in [0.15, 0.2) is 0 Å². The van der Waals surface area contributed by atoms with Gasteiger partial charge in [0, 0.05) is 25.9 Å². The molecule has 1 aliphatic heterocycles. The number of hydrogen-bond acceptors (Lipinski definition) is 4. The number of carbonyl (C=O) groups excluding carboxylic acids is 1. The van der Waals surface area contributed by atoms with E-state index < -0.39 is 35.5 Å². The predicted molar refractivity (Wildman–Crippen MR) is 76.0 cm³/mol. The molecule has 6 nitrogen and oxygen atoms in total. The van der Waals surface area contributed by atoms with Crippen molar-refractivity contribution in [1.82, 2.24) is 4.90 Å². The molecular weight excluding hydrogens is 331 g/mol. The van der Waals surface area contributed by atoms with Gasteiger partial charge in [-0.05, 0) is 12.1 Å². The van der Waals surface area contributed by atoms with Crippen LogP contribution in [0.2, 0.25) is 0 Å². The normalized spacial score (nSPS) is 15.9. The molecule has 0 unspecified atom stereocenters. The number of nitrogens with zero attached hydrogens (tertiary/aromatic N) is 1. The third-order valence-corrected chi connectivity index (χ3v) is 3.73. The first-order valence-corrected chi connectivity index (χ1v) is 7.17. The predicted octanol–water partition coefficient (Wildman–Crippen LogP) is 3.01. The van der Waals surface area contributed by atoms with Gasteiger partial charge >= 0.3 is 18.2 Å². The topological polar surface area (TPSA) is 76.1 Å². The van der Waals surface area contributed by atoms with E-state index in [0.29, 0.717) is 12.8 Å². The van der Waals surface area contributed by atoms with E-state index in [1.54, 1.807) is 0 Å². The Kier molecular flexibility index (Phi) is 5.20. The van der Waals surface area contributed by atoms with E-state index in [9.17, 15) is 22.8 Å². The Bertz CT molecular complexity index is 624. The van der Waals surface area contributed by atoms with Crippen LogP contribution in [0.3, 0.4) is 0 Å². The summed E-state index contributed by atoms with van der Waals surface area (Å²) in [5.41, 5.74) is -1.80. The molecule has 1 saturated heterocycles. The number of halogens is 3. The number of amides is 1. The molecule has 2 rings (SSSR count). The number of ether oxygens (including phenoxy) is 2. The van der Waals surface area contributed by atoms with Crippen molar-refractivity contribution in [3.05, 3.63) is 29.3 Å². The Morgan fingerprint density at radius 1 is 1.25 bits per heavy atom. The monoisotopic (exact) mass is 347 g/mol. The van der Waals surface area contributed by atoms with Gasteiger partial charge < -0.3 is 19.5 Å². The molecule has 0 aliphatic carbocycles. The van der Waals surface area contributed by atoms with Gasteiger partial charge in [-0.2, -0.15) is 13.2 Å². The van der Waals surface area contributed by atoms with Crippen LogP contribution in [0.4, 0.5) is 18.0 Å². The smallest absolute Gasteiger partial charge is 0.417 e. The Morgan fingerprint density at radius 3 is 2.38 bits per heavy atom. The summed E-state index contributed by atoms with van der Waals surface area (Å²) in [7, 11) is 0.991. The highest BCUT2D eigenvalue weighted by molar-refractivity contribution is 5.94. The van der Waals surface area contributed by atoms with Crippen molar-refractivity contribution in [2.75, 3.05) is 20.2 Å². The number of rotatable bonds is 3. The van der Waals surface area contributed by atoms with E-state index in [0.717, 1.165) is 19.2 Å². The summed E-state index contributed by atoms with van der Waals surface area (Å²) in [6.07, 6.45) is -5.61. The van der Waals surface area contributed by atoms with Crippen LogP contribution >= 0.6 is 0 Å². The minimum Gasteiger partial charge on any atom is -0.489 e. The Balaban J connectivity index is 2.24. The number of methoxy groups -OCH3 is 1. The average Bonchev–Trinajstić information content (AvgIpc) is 2.53. The molecule has 132 valence electrons. The van der Waals surface area contributed by atoms with E-state index in [1.807, 2.05) is 0 Å². The molecule has 1 aromatic rings. The molecule has 9 heteroatoms. The summed E-state index contributed by atoms with van der Waals surface area (Å²) >= 11 is 0. The van der Waals surface area contributed by atoms with Crippen LogP contribution in [0.1, 0.15) is 28.8 Å². The van der Waals surface area contributed by atoms with E-state index >= 15 is 0 Å². The third kappa shape index (κ3) is 3.90. The fourth-order valence-electron chi connectivity index (χ4n) is 2.52. The molecule has 1 heterocycles. The van der Waals surface area contributed by atoms with Crippen molar-refractivity contribution in [3.8, 4) is 5.75 Å². The lowest BCUT2D eigenvalue weighted by molar-refractivity contribution is -0.138. The molecule has 0 radical (unpaired) electrons. The average molecular weight is 347 g/mol. The van der Waals surface area contributed by atoms with Gasteiger partial charge in [0.05, 0.1) is 12.7 Å². The van der Waals surface area contributed by atoms with Crippen molar-refractivity contribution < 1.29 is 37.3 Å². The zero-order valence-electron chi connectivity index (χ0n) is 12.8. The fraction of sp³-hybridized carbons (Fsp3) is 0.467. The zero-order valence-corrected chi connectivity index (χ0v) is 12.8. The molecule has 0 saturated carbocycles. The summed E-state index contributed by atoms with van der Waals surface area (Å²) in [6.45, 7) is 0.430. The van der Waals surface area contributed by atoms with Crippen LogP contribution in [-0.4, -0.2) is 48.4 Å². The minimum absolute atomic E-state index is 0.215. The summed E-state index contributed by atoms with van der Waals surface area (Å²) in [5.74, 6) is -1.36. The van der Waals surface area contributed by atoms with Crippen LogP contribution < -0.4 is 4.74 Å². The number of alkyl halides is 3. The lowest BCUT2D eigenvalue weighted by Gasteiger charge is -2.30. The summed E-state index contributed by atoms with van der Waals surface area (Å²) < 4.78 is 49.3. The first-order chi connectivity index (χ1) is 11.2. The molecule has 0 spiro atoms. The molecule has 1 aliphatic rings. The van der Waals surface area contributed by atoms with Crippen molar-refractivity contribution in [2.45, 2.75) is 25.1 Å². The number of likely N-dealkylation sites (tertiary alicyclic amines) is 1. The van der Waals surface area contributed by atoms with Crippen LogP contribution in [0.25, 0.3) is 0 Å². The number of carbonyl (C=O) groups is 2. The van der Waals surface area contributed by atoms with E-state index in [4.69, 9.17) is 9.84 Å². The van der Waals surface area contributed by atoms with Gasteiger partial charge in [-0.15, -0.1) is 0 Å². The standard InChI is InChI=1S/C15H16F3NO5/c1-23-13(20)12-10(15(16,17)18)3-2-4-11(12)24-9-5-7-19(8-6-9)14(21)22/h2-4,9H,5-8H2,1H3,(H,21,22). The van der Waals surface area contributed by atoms with Crippen LogP contribution in [-0.2, 0) is 10.9 Å². The van der Waals surface area contributed by atoms with Gasteiger partial charge in [-0.3, -0.25) is 0 Å². The second-order valence-corrected chi connectivity index (χ2v) is 5.25. The van der Waals surface area contributed by atoms with E-state index in [-0.39, 0.29) is 18.8 Å². The highest BCUT2D eigenvalue weighted by Gasteiger charge is 2.38. The van der Waals surface area contributed by atoms with Crippen LogP contribution in [0.5, 0.6) is 5.75 Å². The summed E-state index contributed by atoms with van der Waals surface area (Å²) in [5, 5.41) is 8.89. The van der Waals surface area contributed by atoms with Crippen molar-refractivity contribution >= 4 is 12.1 Å². The van der Waals surface area contributed by atoms with E-state index in [1.165, 1.54) is 11.0 Å².